The molecule has 0 radical (unpaired) electrons. The first-order valence-electron chi connectivity index (χ1n) is 9.27. The van der Waals surface area contributed by atoms with E-state index >= 15 is 0 Å². The van der Waals surface area contributed by atoms with Crippen LogP contribution in [0.15, 0.2) is 45.6 Å². The van der Waals surface area contributed by atoms with Gasteiger partial charge in [0.15, 0.2) is 5.82 Å². The van der Waals surface area contributed by atoms with Crippen molar-refractivity contribution in [2.24, 2.45) is 0 Å². The van der Waals surface area contributed by atoms with Gasteiger partial charge in [0, 0.05) is 17.0 Å². The summed E-state index contributed by atoms with van der Waals surface area (Å²) in [5, 5.41) is 12.1. The van der Waals surface area contributed by atoms with E-state index in [2.05, 4.69) is 9.97 Å². The van der Waals surface area contributed by atoms with Crippen LogP contribution in [-0.4, -0.2) is 14.9 Å². The first-order valence-corrected chi connectivity index (χ1v) is 10.5. The zero-order chi connectivity index (χ0) is 20.8. The monoisotopic (exact) mass is 439 g/mol. The molecule has 9 heteroatoms. The van der Waals surface area contributed by atoms with E-state index in [1.54, 1.807) is 30.3 Å². The van der Waals surface area contributed by atoms with Gasteiger partial charge in [0.05, 0.1) is 20.9 Å². The molecule has 1 N–H and O–H groups in total. The molecule has 0 amide bonds. The van der Waals surface area contributed by atoms with Crippen LogP contribution in [0, 0.1) is 10.1 Å². The van der Waals surface area contributed by atoms with E-state index in [0.717, 1.165) is 24.8 Å². The lowest BCUT2D eigenvalue weighted by molar-refractivity contribution is -0.384. The predicted octanol–water partition coefficient (Wildman–Crippen LogP) is 5.38. The highest BCUT2D eigenvalue weighted by Gasteiger charge is 2.22. The van der Waals surface area contributed by atoms with Gasteiger partial charge in [-0.2, -0.15) is 0 Å². The first-order chi connectivity index (χ1) is 14.5. The van der Waals surface area contributed by atoms with Gasteiger partial charge in [-0.1, -0.05) is 23.7 Å². The fraction of sp³-hybridized carbons (Fsp3) is 0.143. The zero-order valence-electron chi connectivity index (χ0n) is 15.5. The Balaban J connectivity index is 1.51. The van der Waals surface area contributed by atoms with E-state index in [-0.39, 0.29) is 22.1 Å². The average Bonchev–Trinajstić information content (AvgIpc) is 3.43. The van der Waals surface area contributed by atoms with Crippen LogP contribution in [0.25, 0.3) is 32.6 Å². The Morgan fingerprint density at radius 3 is 2.93 bits per heavy atom. The third kappa shape index (κ3) is 3.14. The highest BCUT2D eigenvalue weighted by atomic mass is 35.5. The molecule has 0 fully saturated rings. The van der Waals surface area contributed by atoms with Crippen molar-refractivity contribution in [2.45, 2.75) is 19.3 Å². The lowest BCUT2D eigenvalue weighted by Crippen LogP contribution is -2.10. The number of furan rings is 1. The third-order valence-corrected chi connectivity index (χ3v) is 6.54. The van der Waals surface area contributed by atoms with Crippen molar-refractivity contribution < 1.29 is 9.34 Å². The van der Waals surface area contributed by atoms with Crippen LogP contribution in [0.3, 0.4) is 0 Å². The van der Waals surface area contributed by atoms with Crippen molar-refractivity contribution in [1.29, 1.82) is 0 Å². The normalized spacial score (nSPS) is 13.7. The van der Waals surface area contributed by atoms with E-state index in [9.17, 15) is 14.9 Å². The number of nitro groups is 1. The second-order valence-corrected chi connectivity index (χ2v) is 8.41. The Bertz CT molecular complexity index is 1400. The second kappa shape index (κ2) is 7.23. The van der Waals surface area contributed by atoms with Gasteiger partial charge in [-0.25, -0.2) is 4.98 Å². The van der Waals surface area contributed by atoms with Crippen molar-refractivity contribution in [3.05, 3.63) is 78.9 Å². The van der Waals surface area contributed by atoms with Crippen LogP contribution in [0.1, 0.15) is 28.4 Å². The van der Waals surface area contributed by atoms with Crippen LogP contribution < -0.4 is 5.56 Å². The minimum atomic E-state index is -0.456. The van der Waals surface area contributed by atoms with E-state index in [0.29, 0.717) is 27.3 Å². The van der Waals surface area contributed by atoms with E-state index in [1.165, 1.54) is 28.4 Å². The number of hydrogen-bond acceptors (Lipinski definition) is 6. The summed E-state index contributed by atoms with van der Waals surface area (Å²) < 4.78 is 5.74. The van der Waals surface area contributed by atoms with E-state index in [4.69, 9.17) is 16.0 Å². The number of rotatable bonds is 4. The van der Waals surface area contributed by atoms with Crippen molar-refractivity contribution in [3.8, 4) is 11.3 Å². The van der Waals surface area contributed by atoms with Gasteiger partial charge in [0.25, 0.3) is 11.2 Å². The summed E-state index contributed by atoms with van der Waals surface area (Å²) in [6.07, 6.45) is 4.49. The number of benzene rings is 1. The summed E-state index contributed by atoms with van der Waals surface area (Å²) in [6.45, 7) is 0. The van der Waals surface area contributed by atoms with Gasteiger partial charge in [-0.3, -0.25) is 14.9 Å². The van der Waals surface area contributed by atoms with Gasteiger partial charge in [-0.15, -0.1) is 11.3 Å². The number of aryl methyl sites for hydroxylation is 2. The summed E-state index contributed by atoms with van der Waals surface area (Å²) in [5.74, 6) is 1.01. The standard InChI is InChI=1S/C21H14ClN3O4S/c22-14(19-23-20(26)18-13-5-3-7-17(13)30-21(18)24-19)10-11-8-9-16(29-11)12-4-1-2-6-15(12)25(27)28/h1-2,4,6,8-10H,3,5,7H2,(H,23,24,26)/b14-10-. The fourth-order valence-electron chi connectivity index (χ4n) is 3.73. The van der Waals surface area contributed by atoms with Crippen LogP contribution in [0.4, 0.5) is 5.69 Å². The zero-order valence-corrected chi connectivity index (χ0v) is 17.0. The summed E-state index contributed by atoms with van der Waals surface area (Å²) in [4.78, 5) is 32.6. The van der Waals surface area contributed by atoms with Gasteiger partial charge in [0.1, 0.15) is 16.4 Å². The molecule has 5 rings (SSSR count). The van der Waals surface area contributed by atoms with Crippen LogP contribution in [0.2, 0.25) is 0 Å². The minimum Gasteiger partial charge on any atom is -0.456 e. The van der Waals surface area contributed by atoms with Gasteiger partial charge in [0.2, 0.25) is 0 Å². The number of aromatic nitrogens is 2. The molecule has 0 aliphatic heterocycles. The van der Waals surface area contributed by atoms with Crippen molar-refractivity contribution in [2.75, 3.05) is 0 Å². The summed E-state index contributed by atoms with van der Waals surface area (Å²) >= 11 is 7.95. The molecule has 3 heterocycles. The molecular formula is C21H14ClN3O4S. The number of hydrogen-bond donors (Lipinski definition) is 1. The average molecular weight is 440 g/mol. The van der Waals surface area contributed by atoms with Gasteiger partial charge >= 0.3 is 0 Å². The number of thiophene rings is 1. The highest BCUT2D eigenvalue weighted by molar-refractivity contribution is 7.18. The molecule has 0 spiro atoms. The highest BCUT2D eigenvalue weighted by Crippen LogP contribution is 2.35. The van der Waals surface area contributed by atoms with Crippen molar-refractivity contribution >= 4 is 50.0 Å². The fourth-order valence-corrected chi connectivity index (χ4v) is 5.18. The van der Waals surface area contributed by atoms with Gasteiger partial charge in [-0.05, 0) is 43.0 Å². The molecule has 0 atom stereocenters. The van der Waals surface area contributed by atoms with E-state index in [1.807, 2.05) is 0 Å². The molecule has 0 bridgehead atoms. The lowest BCUT2D eigenvalue weighted by atomic mass is 10.1. The van der Waals surface area contributed by atoms with Crippen LogP contribution >= 0.6 is 22.9 Å². The lowest BCUT2D eigenvalue weighted by Gasteiger charge is -2.00. The maximum absolute atomic E-state index is 12.6. The quantitative estimate of drug-likeness (QED) is 0.339. The Hall–Kier alpha value is -3.23. The molecule has 150 valence electrons. The predicted molar refractivity (Wildman–Crippen MR) is 117 cm³/mol. The number of nitrogens with one attached hydrogen (secondary N) is 1. The largest absolute Gasteiger partial charge is 0.456 e. The maximum Gasteiger partial charge on any atom is 0.280 e. The molecular weight excluding hydrogens is 426 g/mol. The smallest absolute Gasteiger partial charge is 0.280 e. The molecule has 0 saturated carbocycles. The molecule has 1 aliphatic carbocycles. The number of fused-ring (bicyclic) bond motifs is 3. The molecule has 1 aliphatic rings. The Morgan fingerprint density at radius 1 is 1.27 bits per heavy atom. The molecule has 1 aromatic carbocycles. The van der Waals surface area contributed by atoms with Crippen molar-refractivity contribution in [1.82, 2.24) is 9.97 Å². The SMILES string of the molecule is O=c1[nH]c(/C(Cl)=C/c2ccc(-c3ccccc3[N+](=O)[O-])o2)nc2sc3c(c12)CCC3. The van der Waals surface area contributed by atoms with Gasteiger partial charge < -0.3 is 9.40 Å². The maximum atomic E-state index is 12.6. The van der Waals surface area contributed by atoms with Crippen LogP contribution in [-0.2, 0) is 12.8 Å². The Morgan fingerprint density at radius 2 is 2.10 bits per heavy atom. The molecule has 30 heavy (non-hydrogen) atoms. The topological polar surface area (TPSA) is 102 Å². The van der Waals surface area contributed by atoms with Crippen molar-refractivity contribution in [3.63, 3.8) is 0 Å². The summed E-state index contributed by atoms with van der Waals surface area (Å²) in [7, 11) is 0. The number of para-hydroxylation sites is 1. The molecule has 3 aromatic heterocycles. The number of H-pyrrole nitrogens is 1. The third-order valence-electron chi connectivity index (χ3n) is 5.06. The Kier molecular flexibility index (Phi) is 4.52. The molecule has 0 saturated heterocycles. The minimum absolute atomic E-state index is 0.0457. The first kappa shape index (κ1) is 18.8. The summed E-state index contributed by atoms with van der Waals surface area (Å²) in [5.41, 5.74) is 1.24. The molecule has 4 aromatic rings. The number of nitro benzene ring substituents is 1. The summed E-state index contributed by atoms with van der Waals surface area (Å²) in [6, 6.07) is 9.64. The van der Waals surface area contributed by atoms with E-state index < -0.39 is 4.92 Å². The Labute approximate surface area is 178 Å². The number of nitrogens with zero attached hydrogens (tertiary/aromatic N) is 2. The number of halogens is 1. The van der Waals surface area contributed by atoms with Crippen LogP contribution in [0.5, 0.6) is 0 Å². The number of aromatic amines is 1. The second-order valence-electron chi connectivity index (χ2n) is 6.92. The molecule has 0 unspecified atom stereocenters. The molecule has 7 nitrogen and oxygen atoms in total.